The van der Waals surface area contributed by atoms with Crippen LogP contribution in [0.4, 0.5) is 13.2 Å². The van der Waals surface area contributed by atoms with E-state index in [1.54, 1.807) is 19.2 Å². The number of benzene rings is 2. The summed E-state index contributed by atoms with van der Waals surface area (Å²) in [5.74, 6) is 3.40. The molecule has 6 atom stereocenters. The molecule has 2 aromatic carbocycles. The molecule has 4 aromatic rings. The van der Waals surface area contributed by atoms with Gasteiger partial charge in [0.15, 0.2) is 5.69 Å². The Bertz CT molecular complexity index is 1960. The molecule has 1 aliphatic heterocycles. The Morgan fingerprint density at radius 1 is 0.982 bits per heavy atom. The second-order valence-corrected chi connectivity index (χ2v) is 15.7. The van der Waals surface area contributed by atoms with Crippen LogP contribution in [0, 0.1) is 17.3 Å². The monoisotopic (exact) mass is 788 g/mol. The molecule has 0 radical (unpaired) electrons. The third-order valence-corrected chi connectivity index (χ3v) is 12.2. The molecule has 3 aliphatic carbocycles. The molecule has 3 fully saturated rings. The number of hydrogen-bond acceptors (Lipinski definition) is 9. The number of carbonyl (C=O) groups is 1. The molecule has 6 unspecified atom stereocenters. The van der Waals surface area contributed by atoms with Gasteiger partial charge in [0.2, 0.25) is 5.88 Å². The number of methoxy groups -OCH3 is 1. The Kier molecular flexibility index (Phi) is 12.6. The standard InChI is InChI=1S/C33H39N3O4.C11H12F3NO2/c1-33-17-16-26-25-11-9-24(20-22(25)6-10-27(26)28(33)12-15-31(33)37)40-19-3-18-34-32(38)30-14-13-29(35-36-30)21-4-7-23(39-2)8-5-21;12-11(13,14)9-4-1-5-10(15-9)17-8-3-2-6-16-7-8/h4-5,7-9,11,13-14,20,26-28,31,37H,3,6,10,12,15-19H2,1-2H3,(H,34,38);1,4-5,8H,2-3,6-7H2. The first-order valence-corrected chi connectivity index (χ1v) is 20.0. The normalized spacial score (nSPS) is 25.1. The maximum absolute atomic E-state index is 12.5. The van der Waals surface area contributed by atoms with E-state index in [1.165, 1.54) is 42.5 Å². The molecule has 1 saturated heterocycles. The molecule has 1 amide bonds. The van der Waals surface area contributed by atoms with Crippen molar-refractivity contribution >= 4 is 5.91 Å². The lowest BCUT2D eigenvalue weighted by molar-refractivity contribution is -0.141. The van der Waals surface area contributed by atoms with Crippen LogP contribution < -0.4 is 19.5 Å². The van der Waals surface area contributed by atoms with E-state index in [2.05, 4.69) is 45.6 Å². The van der Waals surface area contributed by atoms with Gasteiger partial charge in [-0.2, -0.15) is 13.2 Å². The van der Waals surface area contributed by atoms with Gasteiger partial charge in [-0.05, 0) is 147 Å². The average Bonchev–Trinajstić information content (AvgIpc) is 3.54. The van der Waals surface area contributed by atoms with Crippen LogP contribution in [0.2, 0.25) is 0 Å². The molecule has 2 aromatic heterocycles. The Labute approximate surface area is 331 Å². The van der Waals surface area contributed by atoms with Crippen LogP contribution in [0.1, 0.15) is 91.5 Å². The largest absolute Gasteiger partial charge is 0.497 e. The Balaban J connectivity index is 0.000000244. The van der Waals surface area contributed by atoms with Gasteiger partial charge in [0, 0.05) is 24.8 Å². The highest BCUT2D eigenvalue weighted by Gasteiger charge is 2.54. The van der Waals surface area contributed by atoms with Gasteiger partial charge in [-0.1, -0.05) is 19.1 Å². The average molecular weight is 789 g/mol. The zero-order valence-corrected chi connectivity index (χ0v) is 32.5. The Morgan fingerprint density at radius 3 is 2.54 bits per heavy atom. The third-order valence-electron chi connectivity index (χ3n) is 12.2. The molecule has 2 N–H and O–H groups in total. The number of aliphatic hydroxyl groups excluding tert-OH is 1. The van der Waals surface area contributed by atoms with Gasteiger partial charge in [-0.3, -0.25) is 4.79 Å². The van der Waals surface area contributed by atoms with E-state index in [0.29, 0.717) is 61.9 Å². The summed E-state index contributed by atoms with van der Waals surface area (Å²) < 4.78 is 59.0. The number of aryl methyl sites for hydroxylation is 1. The highest BCUT2D eigenvalue weighted by Crippen LogP contribution is 2.61. The van der Waals surface area contributed by atoms with Crippen LogP contribution in [0.15, 0.2) is 72.8 Å². The van der Waals surface area contributed by atoms with Gasteiger partial charge in [-0.25, -0.2) is 4.98 Å². The number of rotatable bonds is 10. The van der Waals surface area contributed by atoms with Gasteiger partial charge >= 0.3 is 6.18 Å². The lowest BCUT2D eigenvalue weighted by Gasteiger charge is -2.50. The molecule has 57 heavy (non-hydrogen) atoms. The zero-order valence-electron chi connectivity index (χ0n) is 32.5. The van der Waals surface area contributed by atoms with Gasteiger partial charge < -0.3 is 29.4 Å². The number of aliphatic hydroxyl groups is 1. The van der Waals surface area contributed by atoms with Crippen molar-refractivity contribution in [1.82, 2.24) is 20.5 Å². The molecule has 3 heterocycles. The maximum Gasteiger partial charge on any atom is 0.433 e. The quantitative estimate of drug-likeness (QED) is 0.153. The Hall–Kier alpha value is -4.75. The third kappa shape index (κ3) is 9.52. The van der Waals surface area contributed by atoms with Gasteiger partial charge in [0.05, 0.1) is 32.1 Å². The van der Waals surface area contributed by atoms with Crippen molar-refractivity contribution in [2.45, 2.75) is 89.0 Å². The zero-order chi connectivity index (χ0) is 40.0. The van der Waals surface area contributed by atoms with Gasteiger partial charge in [0.1, 0.15) is 23.3 Å². The van der Waals surface area contributed by atoms with E-state index in [-0.39, 0.29) is 29.4 Å². The van der Waals surface area contributed by atoms with Crippen molar-refractivity contribution in [2.75, 3.05) is 33.5 Å². The minimum Gasteiger partial charge on any atom is -0.497 e. The summed E-state index contributed by atoms with van der Waals surface area (Å²) in [6.07, 6.45) is 4.30. The topological polar surface area (TPSA) is 125 Å². The first-order valence-electron chi connectivity index (χ1n) is 20.0. The van der Waals surface area contributed by atoms with Crippen LogP contribution in [-0.2, 0) is 17.3 Å². The fourth-order valence-corrected chi connectivity index (χ4v) is 9.16. The van der Waals surface area contributed by atoms with Crippen LogP contribution >= 0.6 is 0 Å². The first kappa shape index (κ1) is 40.4. The first-order chi connectivity index (χ1) is 27.5. The second kappa shape index (κ2) is 17.8. The highest BCUT2D eigenvalue weighted by molar-refractivity contribution is 5.92. The number of carbonyl (C=O) groups excluding carboxylic acids is 1. The number of ether oxygens (including phenoxy) is 4. The molecule has 10 nitrogen and oxygen atoms in total. The number of nitrogens with one attached hydrogen (secondary N) is 1. The summed E-state index contributed by atoms with van der Waals surface area (Å²) in [5.41, 5.74) is 4.00. The summed E-state index contributed by atoms with van der Waals surface area (Å²) in [5, 5.41) is 21.8. The number of amides is 1. The molecular formula is C44H51F3N4O6. The van der Waals surface area contributed by atoms with Crippen molar-refractivity contribution in [3.8, 4) is 28.6 Å². The predicted molar refractivity (Wildman–Crippen MR) is 207 cm³/mol. The smallest absolute Gasteiger partial charge is 0.433 e. The van der Waals surface area contributed by atoms with Crippen molar-refractivity contribution in [1.29, 1.82) is 0 Å². The van der Waals surface area contributed by atoms with Crippen LogP contribution in [0.3, 0.4) is 0 Å². The molecule has 8 rings (SSSR count). The fraction of sp³-hybridized carbons (Fsp3) is 0.500. The predicted octanol–water partition coefficient (Wildman–Crippen LogP) is 8.23. The number of pyridine rings is 1. The van der Waals surface area contributed by atoms with E-state index >= 15 is 0 Å². The summed E-state index contributed by atoms with van der Waals surface area (Å²) in [4.78, 5) is 15.9. The van der Waals surface area contributed by atoms with E-state index in [1.807, 2.05) is 24.3 Å². The van der Waals surface area contributed by atoms with Crippen LogP contribution in [0.25, 0.3) is 11.3 Å². The van der Waals surface area contributed by atoms with Gasteiger partial charge in [0.25, 0.3) is 5.91 Å². The van der Waals surface area contributed by atoms with Crippen LogP contribution in [0.5, 0.6) is 17.4 Å². The van der Waals surface area contributed by atoms with Gasteiger partial charge in [-0.15, -0.1) is 10.2 Å². The number of hydrogen-bond donors (Lipinski definition) is 2. The molecular weight excluding hydrogens is 738 g/mol. The second-order valence-electron chi connectivity index (χ2n) is 15.7. The van der Waals surface area contributed by atoms with E-state index in [9.17, 15) is 23.1 Å². The summed E-state index contributed by atoms with van der Waals surface area (Å²) in [6.45, 7) is 4.44. The van der Waals surface area contributed by atoms with Crippen molar-refractivity contribution in [3.63, 3.8) is 0 Å². The summed E-state index contributed by atoms with van der Waals surface area (Å²) >= 11 is 0. The number of halogens is 3. The van der Waals surface area contributed by atoms with E-state index in [0.717, 1.165) is 55.2 Å². The summed E-state index contributed by atoms with van der Waals surface area (Å²) in [7, 11) is 1.63. The highest BCUT2D eigenvalue weighted by atomic mass is 19.4. The minimum absolute atomic E-state index is 0.00433. The SMILES string of the molecule is COc1ccc(-c2ccc(C(=O)NCCCOc3ccc4c(c3)CCC3C4CCC4(C)C(O)CCC34)nn2)cc1.FC(F)(F)c1cccc(OC2CCCOC2)n1. The number of nitrogens with zero attached hydrogens (tertiary/aromatic N) is 3. The van der Waals surface area contributed by atoms with Crippen molar-refractivity contribution < 1.29 is 42.0 Å². The van der Waals surface area contributed by atoms with E-state index < -0.39 is 11.9 Å². The molecule has 2 saturated carbocycles. The molecule has 304 valence electrons. The number of alkyl halides is 3. The molecule has 0 bridgehead atoms. The lowest BCUT2D eigenvalue weighted by atomic mass is 9.55. The molecule has 13 heteroatoms. The number of fused-ring (bicyclic) bond motifs is 5. The molecule has 4 aliphatic rings. The van der Waals surface area contributed by atoms with Crippen molar-refractivity contribution in [3.05, 3.63) is 95.3 Å². The van der Waals surface area contributed by atoms with Crippen LogP contribution in [-0.4, -0.2) is 71.9 Å². The molecule has 0 spiro atoms. The Morgan fingerprint density at radius 2 is 1.81 bits per heavy atom. The summed E-state index contributed by atoms with van der Waals surface area (Å²) in [6, 6.07) is 21.3. The minimum atomic E-state index is -4.44. The fourth-order valence-electron chi connectivity index (χ4n) is 9.16. The number of aromatic nitrogens is 3. The van der Waals surface area contributed by atoms with E-state index in [4.69, 9.17) is 18.9 Å². The lowest BCUT2D eigenvalue weighted by Crippen LogP contribution is -2.43. The van der Waals surface area contributed by atoms with Crippen molar-refractivity contribution in [2.24, 2.45) is 17.3 Å². The maximum atomic E-state index is 12.5.